The van der Waals surface area contributed by atoms with Gasteiger partial charge >= 0.3 is 5.63 Å². The fraction of sp³-hybridized carbons (Fsp3) is 0.143. The number of carbonyl (C=O) groups excluding carboxylic acids is 1. The maximum Gasteiger partial charge on any atom is 0.344 e. The number of hydrogen-bond donors (Lipinski definition) is 1. The largest absolute Gasteiger partial charge is 0.497 e. The summed E-state index contributed by atoms with van der Waals surface area (Å²) in [5.74, 6) is 0.116. The van der Waals surface area contributed by atoms with Crippen LogP contribution in [0.4, 0.5) is 0 Å². The van der Waals surface area contributed by atoms with E-state index in [1.54, 1.807) is 24.3 Å². The third-order valence-corrected chi connectivity index (χ3v) is 2.60. The average molecular weight is 259 g/mol. The van der Waals surface area contributed by atoms with Gasteiger partial charge in [0.05, 0.1) is 12.5 Å². The molecule has 0 saturated heterocycles. The standard InChI is InChI=1S/C14H13NO4/c1-3-6-15-13(16)12-8-9-7-10(18-2)4-5-11(9)14(17)19-12/h3-5,7-8H,1,6H2,2H3,(H,15,16). The number of amides is 1. The summed E-state index contributed by atoms with van der Waals surface area (Å²) in [7, 11) is 1.53. The zero-order valence-corrected chi connectivity index (χ0v) is 10.4. The summed E-state index contributed by atoms with van der Waals surface area (Å²) in [5, 5.41) is 3.55. The first-order valence-corrected chi connectivity index (χ1v) is 5.66. The molecule has 0 aliphatic rings. The molecule has 1 amide bonds. The van der Waals surface area contributed by atoms with Gasteiger partial charge in [0.2, 0.25) is 0 Å². The number of nitrogens with one attached hydrogen (secondary N) is 1. The van der Waals surface area contributed by atoms with Crippen molar-refractivity contribution in [2.24, 2.45) is 0 Å². The van der Waals surface area contributed by atoms with Crippen LogP contribution in [0, 0.1) is 0 Å². The fourth-order valence-electron chi connectivity index (χ4n) is 1.66. The molecule has 0 atom stereocenters. The second-order valence-corrected chi connectivity index (χ2v) is 3.85. The van der Waals surface area contributed by atoms with Gasteiger partial charge in [-0.15, -0.1) is 6.58 Å². The van der Waals surface area contributed by atoms with Gasteiger partial charge < -0.3 is 14.5 Å². The maximum absolute atomic E-state index is 11.8. The van der Waals surface area contributed by atoms with E-state index in [-0.39, 0.29) is 5.76 Å². The number of hydrogen-bond acceptors (Lipinski definition) is 4. The van der Waals surface area contributed by atoms with Crippen LogP contribution in [-0.2, 0) is 0 Å². The second-order valence-electron chi connectivity index (χ2n) is 3.85. The highest BCUT2D eigenvalue weighted by atomic mass is 16.5. The average Bonchev–Trinajstić information content (AvgIpc) is 2.43. The van der Waals surface area contributed by atoms with E-state index in [2.05, 4.69) is 11.9 Å². The summed E-state index contributed by atoms with van der Waals surface area (Å²) in [5.41, 5.74) is -0.552. The number of methoxy groups -OCH3 is 1. The minimum atomic E-state index is -0.552. The number of fused-ring (bicyclic) bond motifs is 1. The van der Waals surface area contributed by atoms with Crippen molar-refractivity contribution in [1.29, 1.82) is 0 Å². The van der Waals surface area contributed by atoms with Gasteiger partial charge in [0.1, 0.15) is 5.75 Å². The van der Waals surface area contributed by atoms with Gasteiger partial charge in [-0.2, -0.15) is 0 Å². The van der Waals surface area contributed by atoms with Gasteiger partial charge in [0.25, 0.3) is 5.91 Å². The van der Waals surface area contributed by atoms with E-state index in [4.69, 9.17) is 9.15 Å². The maximum atomic E-state index is 11.8. The zero-order valence-electron chi connectivity index (χ0n) is 10.4. The molecule has 0 radical (unpaired) electrons. The molecule has 1 aromatic carbocycles. The molecule has 1 aromatic heterocycles. The van der Waals surface area contributed by atoms with Crippen LogP contribution in [0.15, 0.2) is 46.1 Å². The number of ether oxygens (including phenoxy) is 1. The van der Waals surface area contributed by atoms with E-state index in [1.807, 2.05) is 0 Å². The Morgan fingerprint density at radius 3 is 2.95 bits per heavy atom. The molecule has 2 rings (SSSR count). The molecule has 0 bridgehead atoms. The lowest BCUT2D eigenvalue weighted by Crippen LogP contribution is -2.24. The van der Waals surface area contributed by atoms with Crippen LogP contribution >= 0.6 is 0 Å². The van der Waals surface area contributed by atoms with E-state index in [1.165, 1.54) is 13.2 Å². The smallest absolute Gasteiger partial charge is 0.344 e. The Hall–Kier alpha value is -2.56. The first-order chi connectivity index (χ1) is 9.15. The number of rotatable bonds is 4. The molecule has 2 aromatic rings. The summed E-state index contributed by atoms with van der Waals surface area (Å²) in [6.07, 6.45) is 1.54. The summed E-state index contributed by atoms with van der Waals surface area (Å²) >= 11 is 0. The molecule has 0 spiro atoms. The summed E-state index contributed by atoms with van der Waals surface area (Å²) in [4.78, 5) is 23.5. The monoisotopic (exact) mass is 259 g/mol. The Bertz CT molecular complexity index is 687. The predicted octanol–water partition coefficient (Wildman–Crippen LogP) is 1.72. The molecule has 19 heavy (non-hydrogen) atoms. The van der Waals surface area contributed by atoms with E-state index in [9.17, 15) is 9.59 Å². The lowest BCUT2D eigenvalue weighted by Gasteiger charge is -2.04. The van der Waals surface area contributed by atoms with Crippen molar-refractivity contribution >= 4 is 16.7 Å². The minimum Gasteiger partial charge on any atom is -0.497 e. The van der Waals surface area contributed by atoms with Crippen molar-refractivity contribution in [3.05, 3.63) is 53.1 Å². The van der Waals surface area contributed by atoms with Gasteiger partial charge in [0.15, 0.2) is 5.76 Å². The Morgan fingerprint density at radius 2 is 2.26 bits per heavy atom. The lowest BCUT2D eigenvalue weighted by molar-refractivity contribution is 0.0926. The van der Waals surface area contributed by atoms with Crippen LogP contribution in [0.1, 0.15) is 10.6 Å². The van der Waals surface area contributed by atoms with Crippen LogP contribution in [0.3, 0.4) is 0 Å². The summed E-state index contributed by atoms with van der Waals surface area (Å²) in [6.45, 7) is 3.80. The lowest BCUT2D eigenvalue weighted by atomic mass is 10.1. The third kappa shape index (κ3) is 2.65. The molecular formula is C14H13NO4. The highest BCUT2D eigenvalue weighted by molar-refractivity contribution is 5.95. The van der Waals surface area contributed by atoms with Crippen molar-refractivity contribution in [1.82, 2.24) is 5.32 Å². The van der Waals surface area contributed by atoms with Gasteiger partial charge in [-0.1, -0.05) is 6.08 Å². The van der Waals surface area contributed by atoms with Crippen LogP contribution in [0.2, 0.25) is 0 Å². The first kappa shape index (κ1) is 12.9. The highest BCUT2D eigenvalue weighted by Gasteiger charge is 2.11. The van der Waals surface area contributed by atoms with Crippen molar-refractivity contribution < 1.29 is 13.9 Å². The highest BCUT2D eigenvalue weighted by Crippen LogP contribution is 2.19. The van der Waals surface area contributed by atoms with Crippen LogP contribution < -0.4 is 15.7 Å². The Balaban J connectivity index is 2.50. The SMILES string of the molecule is C=CCNC(=O)c1cc2cc(OC)ccc2c(=O)o1. The molecule has 0 saturated carbocycles. The van der Waals surface area contributed by atoms with Crippen molar-refractivity contribution in [3.63, 3.8) is 0 Å². The molecule has 5 heteroatoms. The first-order valence-electron chi connectivity index (χ1n) is 5.66. The van der Waals surface area contributed by atoms with E-state index in [0.29, 0.717) is 23.1 Å². The zero-order chi connectivity index (χ0) is 13.8. The molecule has 98 valence electrons. The summed E-state index contributed by atoms with van der Waals surface area (Å²) in [6, 6.07) is 6.45. The van der Waals surface area contributed by atoms with E-state index < -0.39 is 11.5 Å². The second kappa shape index (κ2) is 5.39. The molecular weight excluding hydrogens is 246 g/mol. The van der Waals surface area contributed by atoms with Gasteiger partial charge in [-0.3, -0.25) is 4.79 Å². The molecule has 0 unspecified atom stereocenters. The van der Waals surface area contributed by atoms with Crippen molar-refractivity contribution in [3.8, 4) is 5.75 Å². The summed E-state index contributed by atoms with van der Waals surface area (Å²) < 4.78 is 10.1. The van der Waals surface area contributed by atoms with Gasteiger partial charge in [0, 0.05) is 6.54 Å². The van der Waals surface area contributed by atoms with Crippen molar-refractivity contribution in [2.45, 2.75) is 0 Å². The third-order valence-electron chi connectivity index (χ3n) is 2.60. The van der Waals surface area contributed by atoms with Crippen LogP contribution in [0.5, 0.6) is 5.75 Å². The van der Waals surface area contributed by atoms with Gasteiger partial charge in [-0.25, -0.2) is 4.79 Å². The Labute approximate surface area is 109 Å². The Morgan fingerprint density at radius 1 is 1.47 bits per heavy atom. The van der Waals surface area contributed by atoms with Crippen LogP contribution in [-0.4, -0.2) is 19.6 Å². The topological polar surface area (TPSA) is 68.5 Å². The van der Waals surface area contributed by atoms with Crippen LogP contribution in [0.25, 0.3) is 10.8 Å². The van der Waals surface area contributed by atoms with E-state index >= 15 is 0 Å². The number of carbonyl (C=O) groups is 1. The Kier molecular flexibility index (Phi) is 3.66. The number of benzene rings is 1. The molecule has 1 N–H and O–H groups in total. The molecule has 0 aliphatic heterocycles. The van der Waals surface area contributed by atoms with Crippen molar-refractivity contribution in [2.75, 3.05) is 13.7 Å². The molecule has 0 fully saturated rings. The predicted molar refractivity (Wildman–Crippen MR) is 71.6 cm³/mol. The molecule has 0 aliphatic carbocycles. The quantitative estimate of drug-likeness (QED) is 0.849. The normalized spacial score (nSPS) is 10.2. The fourth-order valence-corrected chi connectivity index (χ4v) is 1.66. The van der Waals surface area contributed by atoms with E-state index in [0.717, 1.165) is 0 Å². The molecule has 5 nitrogen and oxygen atoms in total. The van der Waals surface area contributed by atoms with Gasteiger partial charge in [-0.05, 0) is 29.7 Å². The minimum absolute atomic E-state index is 0.0346. The molecule has 1 heterocycles.